The first kappa shape index (κ1) is 27.8. The molecule has 0 aliphatic heterocycles. The molecule has 0 aromatic heterocycles. The van der Waals surface area contributed by atoms with Crippen molar-refractivity contribution in [3.8, 4) is 0 Å². The maximum absolute atomic E-state index is 13.0. The van der Waals surface area contributed by atoms with E-state index in [1.807, 2.05) is 27.7 Å². The van der Waals surface area contributed by atoms with Gasteiger partial charge in [-0.15, -0.1) is 0 Å². The second kappa shape index (κ2) is 8.87. The van der Waals surface area contributed by atoms with Crippen LogP contribution in [-0.4, -0.2) is 39.9 Å². The molecule has 4 atom stereocenters. The molecule has 38 heavy (non-hydrogen) atoms. The quantitative estimate of drug-likeness (QED) is 0.376. The molecule has 0 heterocycles. The lowest BCUT2D eigenvalue weighted by Crippen LogP contribution is -2.44. The molecule has 0 radical (unpaired) electrons. The third-order valence-corrected chi connectivity index (χ3v) is 13.2. The van der Waals surface area contributed by atoms with Gasteiger partial charge >= 0.3 is 0 Å². The Morgan fingerprint density at radius 1 is 0.737 bits per heavy atom. The van der Waals surface area contributed by atoms with Gasteiger partial charge in [-0.1, -0.05) is 39.8 Å². The minimum atomic E-state index is -4.15. The number of carbonyl (C=O) groups is 2. The lowest BCUT2D eigenvalue weighted by molar-refractivity contribution is -0.128. The van der Waals surface area contributed by atoms with E-state index in [-0.39, 0.29) is 34.8 Å². The molecule has 4 fully saturated rings. The highest BCUT2D eigenvalue weighted by Gasteiger charge is 2.66. The predicted molar refractivity (Wildman–Crippen MR) is 139 cm³/mol. The lowest BCUT2D eigenvalue weighted by Gasteiger charge is -2.36. The summed E-state index contributed by atoms with van der Waals surface area (Å²) in [5.41, 5.74) is 2.54. The van der Waals surface area contributed by atoms with Crippen molar-refractivity contribution in [2.45, 2.75) is 79.1 Å². The molecule has 0 spiro atoms. The van der Waals surface area contributed by atoms with Crippen molar-refractivity contribution in [3.05, 3.63) is 23.5 Å². The summed E-state index contributed by atoms with van der Waals surface area (Å²) in [7, 11) is -8.29. The second-order valence-electron chi connectivity index (χ2n) is 12.9. The Hall–Kier alpha value is -1.76. The largest absolute Gasteiger partial charge is 0.299 e. The van der Waals surface area contributed by atoms with Crippen LogP contribution in [0.25, 0.3) is 0 Å². The van der Waals surface area contributed by atoms with Gasteiger partial charge in [0.1, 0.15) is 11.6 Å². The summed E-state index contributed by atoms with van der Waals surface area (Å²) in [5.74, 6) is -0.519. The third kappa shape index (κ3) is 4.17. The number of rotatable bonds is 10. The van der Waals surface area contributed by atoms with Gasteiger partial charge in [0.2, 0.25) is 0 Å². The monoisotopic (exact) mass is 570 g/mol. The maximum Gasteiger partial charge on any atom is 0.288 e. The number of nitrogens with one attached hydrogen (secondary N) is 2. The molecule has 0 aromatic rings. The van der Waals surface area contributed by atoms with Gasteiger partial charge in [-0.2, -0.15) is 25.4 Å². The number of hydrogen-bond acceptors (Lipinski definition) is 10. The Morgan fingerprint density at radius 3 is 1.39 bits per heavy atom. The minimum absolute atomic E-state index is 0.0272. The zero-order valence-corrected chi connectivity index (χ0v) is 24.1. The molecule has 2 N–H and O–H groups in total. The molecule has 12 heteroatoms. The van der Waals surface area contributed by atoms with Gasteiger partial charge in [0.15, 0.2) is 0 Å². The Morgan fingerprint density at radius 2 is 1.11 bits per heavy atom. The van der Waals surface area contributed by atoms with Crippen molar-refractivity contribution in [2.75, 3.05) is 11.5 Å². The summed E-state index contributed by atoms with van der Waals surface area (Å²) in [4.78, 5) is 25.5. The maximum atomic E-state index is 13.0. The number of fused-ring (bicyclic) bond motifs is 4. The Bertz CT molecular complexity index is 1230. The first-order chi connectivity index (χ1) is 17.6. The number of ketones is 2. The van der Waals surface area contributed by atoms with Gasteiger partial charge in [0.05, 0.1) is 33.7 Å². The summed E-state index contributed by atoms with van der Waals surface area (Å²) in [5, 5.41) is 0. The SMILES string of the molecule is CC1(C)C2CCC1(CS(=O)(=O)ONC1=CCCC=C1NOS(=O)(=O)CC13CCC(CC1=O)C3(C)C)C(=O)C2. The molecule has 0 saturated heterocycles. The highest BCUT2D eigenvalue weighted by atomic mass is 32.2. The van der Waals surface area contributed by atoms with Crippen LogP contribution in [0.4, 0.5) is 0 Å². The van der Waals surface area contributed by atoms with Crippen LogP contribution in [0.3, 0.4) is 0 Å². The molecule has 0 amide bonds. The number of hydroxylamine groups is 2. The van der Waals surface area contributed by atoms with Crippen molar-refractivity contribution >= 4 is 31.8 Å². The normalized spacial score (nSPS) is 35.4. The topological polar surface area (TPSA) is 145 Å². The van der Waals surface area contributed by atoms with E-state index < -0.39 is 53.4 Å². The Balaban J connectivity index is 1.22. The third-order valence-electron chi connectivity index (χ3n) is 10.8. The molecule has 4 bridgehead atoms. The fourth-order valence-corrected chi connectivity index (χ4v) is 11.1. The van der Waals surface area contributed by atoms with E-state index in [9.17, 15) is 26.4 Å². The van der Waals surface area contributed by atoms with Crippen molar-refractivity contribution in [2.24, 2.45) is 33.5 Å². The van der Waals surface area contributed by atoms with Gasteiger partial charge < -0.3 is 0 Å². The average molecular weight is 571 g/mol. The van der Waals surface area contributed by atoms with Crippen molar-refractivity contribution in [1.82, 2.24) is 11.0 Å². The minimum Gasteiger partial charge on any atom is -0.299 e. The van der Waals surface area contributed by atoms with Gasteiger partial charge in [0, 0.05) is 12.8 Å². The number of carbonyl (C=O) groups excluding carboxylic acids is 2. The van der Waals surface area contributed by atoms with Crippen LogP contribution in [-0.2, 0) is 38.4 Å². The van der Waals surface area contributed by atoms with E-state index >= 15 is 0 Å². The average Bonchev–Trinajstić information content (AvgIpc) is 3.35. The molecule has 212 valence electrons. The molecule has 0 aromatic carbocycles. The van der Waals surface area contributed by atoms with Crippen LogP contribution in [0, 0.1) is 33.5 Å². The van der Waals surface area contributed by atoms with Crippen LogP contribution < -0.4 is 11.0 Å². The first-order valence-electron chi connectivity index (χ1n) is 13.4. The standard InChI is InChI=1S/C26H38N2O8S2/c1-23(2)17-9-11-25(23,21(29)13-17)15-37(31,32)35-27-19-7-5-6-8-20(19)28-36-38(33,34)16-26-12-10-18(14-22(26)30)24(26,3)4/h7-8,17-18,27-28H,5-6,9-16H2,1-4H3. The van der Waals surface area contributed by atoms with E-state index in [0.717, 1.165) is 12.8 Å². The highest BCUT2D eigenvalue weighted by Crippen LogP contribution is 2.65. The lowest BCUT2D eigenvalue weighted by atomic mass is 9.70. The number of allylic oxidation sites excluding steroid dienone is 2. The molecule has 4 saturated carbocycles. The van der Waals surface area contributed by atoms with Gasteiger partial charge in [0.25, 0.3) is 20.2 Å². The Labute approximate surface area is 225 Å². The van der Waals surface area contributed by atoms with Crippen LogP contribution in [0.15, 0.2) is 23.5 Å². The summed E-state index contributed by atoms with van der Waals surface area (Å²) in [6.07, 6.45) is 7.98. The molecule has 5 rings (SSSR count). The number of hydrogen-bond donors (Lipinski definition) is 2. The van der Waals surface area contributed by atoms with E-state index in [1.54, 1.807) is 12.2 Å². The van der Waals surface area contributed by atoms with E-state index in [0.29, 0.717) is 38.5 Å². The fraction of sp³-hybridized carbons (Fsp3) is 0.769. The molecular formula is C26H38N2O8S2. The fourth-order valence-electron chi connectivity index (χ4n) is 7.96. The van der Waals surface area contributed by atoms with Crippen LogP contribution in [0.2, 0.25) is 0 Å². The van der Waals surface area contributed by atoms with Gasteiger partial charge in [-0.25, -0.2) is 11.0 Å². The van der Waals surface area contributed by atoms with Crippen LogP contribution >= 0.6 is 0 Å². The Kier molecular flexibility index (Phi) is 6.49. The second-order valence-corrected chi connectivity index (χ2v) is 16.1. The number of Topliss-reactive ketones (excluding diaryl/α,β-unsaturated/α-hetero) is 2. The summed E-state index contributed by atoms with van der Waals surface area (Å²) < 4.78 is 62.1. The molecule has 10 nitrogen and oxygen atoms in total. The first-order valence-corrected chi connectivity index (χ1v) is 16.5. The molecule has 4 unspecified atom stereocenters. The van der Waals surface area contributed by atoms with Crippen molar-refractivity contribution in [1.29, 1.82) is 0 Å². The van der Waals surface area contributed by atoms with Gasteiger partial charge in [-0.05, 0) is 61.2 Å². The molecular weight excluding hydrogens is 532 g/mol. The predicted octanol–water partition coefficient (Wildman–Crippen LogP) is 3.04. The molecule has 5 aliphatic carbocycles. The summed E-state index contributed by atoms with van der Waals surface area (Å²) in [6, 6.07) is 0. The van der Waals surface area contributed by atoms with Crippen molar-refractivity contribution in [3.63, 3.8) is 0 Å². The zero-order chi connectivity index (χ0) is 27.8. The summed E-state index contributed by atoms with van der Waals surface area (Å²) >= 11 is 0. The van der Waals surface area contributed by atoms with Gasteiger partial charge in [-0.3, -0.25) is 9.59 Å². The van der Waals surface area contributed by atoms with E-state index in [4.69, 9.17) is 8.57 Å². The van der Waals surface area contributed by atoms with E-state index in [1.165, 1.54) is 0 Å². The smallest absolute Gasteiger partial charge is 0.288 e. The highest BCUT2D eigenvalue weighted by molar-refractivity contribution is 7.87. The van der Waals surface area contributed by atoms with E-state index in [2.05, 4.69) is 11.0 Å². The van der Waals surface area contributed by atoms with Crippen LogP contribution in [0.5, 0.6) is 0 Å². The zero-order valence-electron chi connectivity index (χ0n) is 22.5. The molecule has 5 aliphatic rings. The van der Waals surface area contributed by atoms with Crippen LogP contribution in [0.1, 0.15) is 79.1 Å². The summed E-state index contributed by atoms with van der Waals surface area (Å²) in [6.45, 7) is 7.82. The van der Waals surface area contributed by atoms with Crippen molar-refractivity contribution < 1.29 is 35.0 Å².